The van der Waals surface area contributed by atoms with Crippen molar-refractivity contribution >= 4 is 0 Å². The molecule has 0 bridgehead atoms. The van der Waals surface area contributed by atoms with E-state index in [1.807, 2.05) is 41.7 Å². The molecule has 0 aliphatic heterocycles. The molecule has 0 fully saturated rings. The van der Waals surface area contributed by atoms with Gasteiger partial charge in [-0.1, -0.05) is 6.92 Å². The second kappa shape index (κ2) is 4.68. The van der Waals surface area contributed by atoms with Crippen molar-refractivity contribution in [3.8, 4) is 0 Å². The molecule has 2 rings (SSSR count). The molecule has 4 heteroatoms. The van der Waals surface area contributed by atoms with E-state index in [0.717, 1.165) is 19.5 Å². The number of nitrogens with one attached hydrogen (secondary N) is 1. The van der Waals surface area contributed by atoms with Gasteiger partial charge in [0.1, 0.15) is 0 Å². The summed E-state index contributed by atoms with van der Waals surface area (Å²) in [4.78, 5) is 4.15. The minimum Gasteiger partial charge on any atom is -0.333 e. The summed E-state index contributed by atoms with van der Waals surface area (Å²) in [6.07, 6.45) is 8.90. The molecule has 0 unspecified atom stereocenters. The maximum Gasteiger partial charge on any atom is 0.0948 e. The Morgan fingerprint density at radius 1 is 1.33 bits per heavy atom. The second-order valence-corrected chi connectivity index (χ2v) is 3.50. The molecule has 0 saturated carbocycles. The highest BCUT2D eigenvalue weighted by Gasteiger charge is 1.99. The fourth-order valence-corrected chi connectivity index (χ4v) is 1.55. The van der Waals surface area contributed by atoms with Gasteiger partial charge in [-0.2, -0.15) is 0 Å². The van der Waals surface area contributed by atoms with E-state index >= 15 is 0 Å². The van der Waals surface area contributed by atoms with E-state index in [-0.39, 0.29) is 0 Å². The highest BCUT2D eigenvalue weighted by atomic mass is 15.4. The molecule has 1 N–H and O–H groups in total. The van der Waals surface area contributed by atoms with Crippen LogP contribution in [0.15, 0.2) is 37.1 Å². The average Bonchev–Trinajstić information content (AvgIpc) is 2.85. The third-order valence-electron chi connectivity index (χ3n) is 2.31. The van der Waals surface area contributed by atoms with Crippen molar-refractivity contribution in [1.29, 1.82) is 0 Å². The van der Waals surface area contributed by atoms with Crippen LogP contribution >= 0.6 is 0 Å². The smallest absolute Gasteiger partial charge is 0.0948 e. The Bertz CT molecular complexity index is 388. The van der Waals surface area contributed by atoms with E-state index in [9.17, 15) is 0 Å². The Hall–Kier alpha value is -1.71. The fraction of sp³-hybridized carbons (Fsp3) is 0.364. The Balaban J connectivity index is 1.95. The number of hydrogen-bond donors (Lipinski definition) is 1. The zero-order chi connectivity index (χ0) is 10.5. The number of aryl methyl sites for hydroxylation is 1. The van der Waals surface area contributed by atoms with Gasteiger partial charge in [0.15, 0.2) is 0 Å². The van der Waals surface area contributed by atoms with Crippen LogP contribution in [0.4, 0.5) is 0 Å². The van der Waals surface area contributed by atoms with Gasteiger partial charge in [-0.05, 0) is 18.6 Å². The van der Waals surface area contributed by atoms with Crippen molar-refractivity contribution in [3.05, 3.63) is 42.7 Å². The van der Waals surface area contributed by atoms with Crippen LogP contribution in [0.3, 0.4) is 0 Å². The van der Waals surface area contributed by atoms with Crippen LogP contribution in [0.25, 0.3) is 0 Å². The third-order valence-corrected chi connectivity index (χ3v) is 2.31. The van der Waals surface area contributed by atoms with Crippen LogP contribution in [0.1, 0.15) is 19.0 Å². The van der Waals surface area contributed by atoms with Crippen LogP contribution in [-0.2, 0) is 13.1 Å². The maximum absolute atomic E-state index is 4.15. The summed E-state index contributed by atoms with van der Waals surface area (Å²) in [6.45, 7) is 4.00. The summed E-state index contributed by atoms with van der Waals surface area (Å²) in [7, 11) is 0. The molecule has 2 aromatic rings. The third kappa shape index (κ3) is 2.40. The first kappa shape index (κ1) is 9.83. The summed E-state index contributed by atoms with van der Waals surface area (Å²) in [5.41, 5.74) is 4.50. The number of rotatable bonds is 5. The van der Waals surface area contributed by atoms with Gasteiger partial charge < -0.3 is 9.99 Å². The quantitative estimate of drug-likeness (QED) is 0.806. The van der Waals surface area contributed by atoms with Gasteiger partial charge in [-0.15, -0.1) is 0 Å². The first-order chi connectivity index (χ1) is 7.40. The van der Waals surface area contributed by atoms with Gasteiger partial charge in [0.2, 0.25) is 0 Å². The van der Waals surface area contributed by atoms with Crippen LogP contribution in [0.2, 0.25) is 0 Å². The van der Waals surface area contributed by atoms with Gasteiger partial charge in [0.25, 0.3) is 0 Å². The number of nitrogens with zero attached hydrogens (tertiary/aromatic N) is 3. The van der Waals surface area contributed by atoms with E-state index in [4.69, 9.17) is 0 Å². The molecule has 0 saturated heterocycles. The van der Waals surface area contributed by atoms with Crippen LogP contribution in [0, 0.1) is 0 Å². The first-order valence-corrected chi connectivity index (χ1v) is 5.26. The summed E-state index contributed by atoms with van der Waals surface area (Å²) >= 11 is 0. The lowest BCUT2D eigenvalue weighted by atomic mass is 10.4. The van der Waals surface area contributed by atoms with Crippen LogP contribution in [-0.4, -0.2) is 14.2 Å². The van der Waals surface area contributed by atoms with Crippen molar-refractivity contribution in [3.63, 3.8) is 0 Å². The molecule has 0 aliphatic rings. The van der Waals surface area contributed by atoms with E-state index < -0.39 is 0 Å². The van der Waals surface area contributed by atoms with E-state index in [1.165, 1.54) is 5.69 Å². The average molecular weight is 204 g/mol. The van der Waals surface area contributed by atoms with Crippen molar-refractivity contribution in [2.45, 2.75) is 26.4 Å². The summed E-state index contributed by atoms with van der Waals surface area (Å²) in [5.74, 6) is 0. The molecule has 0 amide bonds. The minimum atomic E-state index is 0.800. The van der Waals surface area contributed by atoms with Crippen molar-refractivity contribution in [1.82, 2.24) is 14.2 Å². The summed E-state index contributed by atoms with van der Waals surface area (Å²) in [5, 5.41) is 0. The van der Waals surface area contributed by atoms with Crippen LogP contribution in [0.5, 0.6) is 0 Å². The molecule has 0 aliphatic carbocycles. The van der Waals surface area contributed by atoms with Crippen molar-refractivity contribution in [2.24, 2.45) is 0 Å². The van der Waals surface area contributed by atoms with E-state index in [1.54, 1.807) is 0 Å². The van der Waals surface area contributed by atoms with Crippen LogP contribution < -0.4 is 5.43 Å². The molecule has 4 nitrogen and oxygen atoms in total. The Kier molecular flexibility index (Phi) is 3.07. The number of hydrogen-bond acceptors (Lipinski definition) is 2. The lowest BCUT2D eigenvalue weighted by Crippen LogP contribution is -2.14. The topological polar surface area (TPSA) is 34.8 Å². The maximum atomic E-state index is 4.15. The summed E-state index contributed by atoms with van der Waals surface area (Å²) < 4.78 is 4.12. The molecule has 0 radical (unpaired) electrons. The SMILES string of the molecule is CCCn1cncc1CNn1cccc1. The zero-order valence-corrected chi connectivity index (χ0v) is 8.93. The number of imidazole rings is 1. The van der Waals surface area contributed by atoms with Gasteiger partial charge in [0.05, 0.1) is 18.6 Å². The molecule has 2 aromatic heterocycles. The zero-order valence-electron chi connectivity index (χ0n) is 8.93. The van der Waals surface area contributed by atoms with Gasteiger partial charge in [0, 0.05) is 25.1 Å². The van der Waals surface area contributed by atoms with Gasteiger partial charge >= 0.3 is 0 Å². The normalized spacial score (nSPS) is 10.5. The molecular weight excluding hydrogens is 188 g/mol. The fourth-order valence-electron chi connectivity index (χ4n) is 1.55. The minimum absolute atomic E-state index is 0.800. The molecule has 2 heterocycles. The lowest BCUT2D eigenvalue weighted by Gasteiger charge is -2.09. The van der Waals surface area contributed by atoms with Gasteiger partial charge in [-0.3, -0.25) is 4.68 Å². The Morgan fingerprint density at radius 3 is 2.87 bits per heavy atom. The molecule has 0 aromatic carbocycles. The molecular formula is C11H16N4. The van der Waals surface area contributed by atoms with Crippen molar-refractivity contribution < 1.29 is 0 Å². The predicted octanol–water partition coefficient (Wildman–Crippen LogP) is 1.84. The largest absolute Gasteiger partial charge is 0.333 e. The number of aromatic nitrogens is 3. The highest BCUT2D eigenvalue weighted by molar-refractivity contribution is 5.02. The highest BCUT2D eigenvalue weighted by Crippen LogP contribution is 2.01. The predicted molar refractivity (Wildman–Crippen MR) is 60.0 cm³/mol. The molecule has 0 spiro atoms. The lowest BCUT2D eigenvalue weighted by molar-refractivity contribution is 0.642. The second-order valence-electron chi connectivity index (χ2n) is 3.50. The van der Waals surface area contributed by atoms with Gasteiger partial charge in [-0.25, -0.2) is 4.98 Å². The standard InChI is InChI=1S/C11H16N4/c1-2-5-14-10-12-8-11(14)9-13-15-6-3-4-7-15/h3-4,6-8,10,13H,2,5,9H2,1H3. The summed E-state index contributed by atoms with van der Waals surface area (Å²) in [6, 6.07) is 3.99. The first-order valence-electron chi connectivity index (χ1n) is 5.26. The monoisotopic (exact) mass is 204 g/mol. The van der Waals surface area contributed by atoms with Crippen molar-refractivity contribution in [2.75, 3.05) is 5.43 Å². The van der Waals surface area contributed by atoms with E-state index in [0.29, 0.717) is 0 Å². The Morgan fingerprint density at radius 2 is 2.13 bits per heavy atom. The molecule has 15 heavy (non-hydrogen) atoms. The Labute approximate surface area is 89.5 Å². The van der Waals surface area contributed by atoms with E-state index in [2.05, 4.69) is 21.9 Å². The molecule has 80 valence electrons. The molecule has 0 atom stereocenters.